The first-order chi connectivity index (χ1) is 7.25. The van der Waals surface area contributed by atoms with Crippen molar-refractivity contribution in [1.29, 1.82) is 0 Å². The number of aryl methyl sites for hydroxylation is 1. The molecule has 80 valence electrons. The zero-order chi connectivity index (χ0) is 10.4. The third kappa shape index (κ3) is 1.36. The van der Waals surface area contributed by atoms with E-state index in [-0.39, 0.29) is 6.17 Å². The van der Waals surface area contributed by atoms with Crippen LogP contribution in [0.4, 0.5) is 5.69 Å². The molecule has 1 fully saturated rings. The Morgan fingerprint density at radius 1 is 1.33 bits per heavy atom. The van der Waals surface area contributed by atoms with E-state index in [1.54, 1.807) is 0 Å². The molecule has 2 unspecified atom stereocenters. The molecule has 1 aromatic carbocycles. The van der Waals surface area contributed by atoms with E-state index >= 15 is 0 Å². The van der Waals surface area contributed by atoms with Crippen molar-refractivity contribution in [3.05, 3.63) is 29.3 Å². The van der Waals surface area contributed by atoms with Gasteiger partial charge in [-0.2, -0.15) is 0 Å². The average molecular weight is 202 g/mol. The summed E-state index contributed by atoms with van der Waals surface area (Å²) in [4.78, 5) is 2.45. The number of benzene rings is 1. The largest absolute Gasteiger partial charge is 0.353 e. The summed E-state index contributed by atoms with van der Waals surface area (Å²) in [6.45, 7) is 2.16. The van der Waals surface area contributed by atoms with Gasteiger partial charge in [0.15, 0.2) is 0 Å². The summed E-state index contributed by atoms with van der Waals surface area (Å²) >= 11 is 0. The van der Waals surface area contributed by atoms with Gasteiger partial charge in [0.2, 0.25) is 0 Å². The summed E-state index contributed by atoms with van der Waals surface area (Å²) in [7, 11) is 0. The maximum atomic E-state index is 6.21. The Hall–Kier alpha value is -1.02. The van der Waals surface area contributed by atoms with Crippen molar-refractivity contribution in [1.82, 2.24) is 0 Å². The second-order valence-corrected chi connectivity index (χ2v) is 4.90. The zero-order valence-electron chi connectivity index (χ0n) is 9.24. The lowest BCUT2D eigenvalue weighted by atomic mass is 10.00. The van der Waals surface area contributed by atoms with E-state index in [9.17, 15) is 0 Å². The molecule has 2 N–H and O–H groups in total. The van der Waals surface area contributed by atoms with Crippen LogP contribution in [0.15, 0.2) is 18.2 Å². The van der Waals surface area contributed by atoms with E-state index in [2.05, 4.69) is 30.0 Å². The van der Waals surface area contributed by atoms with E-state index < -0.39 is 0 Å². The number of hydrogen-bond acceptors (Lipinski definition) is 2. The van der Waals surface area contributed by atoms with Gasteiger partial charge < -0.3 is 10.6 Å². The Labute approximate surface area is 91.1 Å². The Morgan fingerprint density at radius 3 is 3.07 bits per heavy atom. The first-order valence-corrected chi connectivity index (χ1v) is 5.89. The smallest absolute Gasteiger partial charge is 0.0774 e. The quantitative estimate of drug-likeness (QED) is 0.698. The summed E-state index contributed by atoms with van der Waals surface area (Å²) in [5.41, 5.74) is 10.4. The number of anilines is 1. The van der Waals surface area contributed by atoms with Crippen molar-refractivity contribution in [2.45, 2.75) is 44.8 Å². The van der Waals surface area contributed by atoms with Crippen molar-refractivity contribution in [3.8, 4) is 0 Å². The molecule has 2 aliphatic heterocycles. The van der Waals surface area contributed by atoms with Crippen LogP contribution in [-0.4, -0.2) is 12.2 Å². The highest BCUT2D eigenvalue weighted by Crippen LogP contribution is 2.38. The molecule has 2 heterocycles. The third-order valence-corrected chi connectivity index (χ3v) is 3.76. The molecule has 0 radical (unpaired) electrons. The van der Waals surface area contributed by atoms with Gasteiger partial charge in [0.25, 0.3) is 0 Å². The highest BCUT2D eigenvalue weighted by molar-refractivity contribution is 5.61. The Kier molecular flexibility index (Phi) is 1.99. The van der Waals surface area contributed by atoms with Gasteiger partial charge in [-0.15, -0.1) is 0 Å². The second-order valence-electron chi connectivity index (χ2n) is 4.90. The third-order valence-electron chi connectivity index (χ3n) is 3.76. The minimum absolute atomic E-state index is 0.242. The molecule has 3 rings (SSSR count). The van der Waals surface area contributed by atoms with Crippen LogP contribution in [0.5, 0.6) is 0 Å². The molecule has 0 aromatic heterocycles. The van der Waals surface area contributed by atoms with Crippen LogP contribution in [0.1, 0.15) is 30.4 Å². The Bertz CT molecular complexity index is 386. The van der Waals surface area contributed by atoms with Crippen molar-refractivity contribution >= 4 is 5.69 Å². The molecular weight excluding hydrogens is 184 g/mol. The molecule has 2 aliphatic rings. The van der Waals surface area contributed by atoms with Crippen LogP contribution in [-0.2, 0) is 6.42 Å². The fraction of sp³-hybridized carbons (Fsp3) is 0.538. The maximum Gasteiger partial charge on any atom is 0.0774 e. The van der Waals surface area contributed by atoms with Gasteiger partial charge >= 0.3 is 0 Å². The average Bonchev–Trinajstić information content (AvgIpc) is 2.57. The van der Waals surface area contributed by atoms with Gasteiger partial charge in [0.1, 0.15) is 0 Å². The van der Waals surface area contributed by atoms with Crippen molar-refractivity contribution < 1.29 is 0 Å². The fourth-order valence-corrected chi connectivity index (χ4v) is 3.03. The van der Waals surface area contributed by atoms with Crippen LogP contribution in [0.2, 0.25) is 0 Å². The number of piperidine rings is 1. The molecule has 2 nitrogen and oxygen atoms in total. The predicted octanol–water partition coefficient (Wildman–Crippen LogP) is 2.19. The van der Waals surface area contributed by atoms with Crippen LogP contribution in [0.3, 0.4) is 0 Å². The molecule has 1 saturated heterocycles. The Balaban J connectivity index is 2.04. The molecule has 0 spiro atoms. The molecule has 2 atom stereocenters. The van der Waals surface area contributed by atoms with Crippen LogP contribution < -0.4 is 10.6 Å². The SMILES string of the molecule is Cc1ccc2c(c1)N1C(N)CCCC1C2. The summed E-state index contributed by atoms with van der Waals surface area (Å²) in [6, 6.07) is 7.45. The maximum absolute atomic E-state index is 6.21. The minimum atomic E-state index is 0.242. The number of nitrogens with zero attached hydrogens (tertiary/aromatic N) is 1. The Morgan fingerprint density at radius 2 is 2.20 bits per heavy atom. The molecule has 0 bridgehead atoms. The van der Waals surface area contributed by atoms with Gasteiger partial charge in [0.05, 0.1) is 6.17 Å². The second kappa shape index (κ2) is 3.24. The van der Waals surface area contributed by atoms with Crippen molar-refractivity contribution in [3.63, 3.8) is 0 Å². The summed E-state index contributed by atoms with van der Waals surface area (Å²) in [5, 5.41) is 0. The molecule has 0 amide bonds. The van der Waals surface area contributed by atoms with E-state index in [4.69, 9.17) is 5.73 Å². The summed E-state index contributed by atoms with van der Waals surface area (Å²) in [5.74, 6) is 0. The van der Waals surface area contributed by atoms with Gasteiger partial charge in [-0.3, -0.25) is 0 Å². The zero-order valence-corrected chi connectivity index (χ0v) is 9.24. The first kappa shape index (κ1) is 9.22. The van der Waals surface area contributed by atoms with E-state index in [0.29, 0.717) is 6.04 Å². The molecule has 0 saturated carbocycles. The van der Waals surface area contributed by atoms with E-state index in [1.165, 1.54) is 36.1 Å². The first-order valence-electron chi connectivity index (χ1n) is 5.89. The monoisotopic (exact) mass is 202 g/mol. The summed E-state index contributed by atoms with van der Waals surface area (Å²) in [6.07, 6.45) is 5.18. The molecular formula is C13H18N2. The van der Waals surface area contributed by atoms with Crippen LogP contribution in [0.25, 0.3) is 0 Å². The molecule has 0 aliphatic carbocycles. The normalized spacial score (nSPS) is 28.8. The molecule has 1 aromatic rings. The lowest BCUT2D eigenvalue weighted by molar-refractivity contribution is 0.401. The number of rotatable bonds is 0. The predicted molar refractivity (Wildman–Crippen MR) is 63.0 cm³/mol. The standard InChI is InChI=1S/C13H18N2/c1-9-5-6-10-8-11-3-2-4-13(14)15(11)12(10)7-9/h5-7,11,13H,2-4,8,14H2,1H3. The lowest BCUT2D eigenvalue weighted by Crippen LogP contribution is -2.49. The molecule has 2 heteroatoms. The van der Waals surface area contributed by atoms with Gasteiger partial charge in [-0.1, -0.05) is 12.1 Å². The minimum Gasteiger partial charge on any atom is -0.353 e. The fourth-order valence-electron chi connectivity index (χ4n) is 3.03. The topological polar surface area (TPSA) is 29.3 Å². The van der Waals surface area contributed by atoms with E-state index in [1.807, 2.05) is 0 Å². The highest BCUT2D eigenvalue weighted by atomic mass is 15.3. The van der Waals surface area contributed by atoms with Gasteiger partial charge in [-0.05, 0) is 49.8 Å². The van der Waals surface area contributed by atoms with Crippen molar-refractivity contribution in [2.24, 2.45) is 5.73 Å². The number of hydrogen-bond donors (Lipinski definition) is 1. The number of nitrogens with two attached hydrogens (primary N) is 1. The van der Waals surface area contributed by atoms with Gasteiger partial charge in [0, 0.05) is 11.7 Å². The van der Waals surface area contributed by atoms with E-state index in [0.717, 1.165) is 6.42 Å². The van der Waals surface area contributed by atoms with Crippen LogP contribution >= 0.6 is 0 Å². The lowest BCUT2D eigenvalue weighted by Gasteiger charge is -2.37. The van der Waals surface area contributed by atoms with Gasteiger partial charge in [-0.25, -0.2) is 0 Å². The highest BCUT2D eigenvalue weighted by Gasteiger charge is 2.35. The van der Waals surface area contributed by atoms with Crippen molar-refractivity contribution in [2.75, 3.05) is 4.90 Å². The van der Waals surface area contributed by atoms with Crippen LogP contribution in [0, 0.1) is 6.92 Å². The summed E-state index contributed by atoms with van der Waals surface area (Å²) < 4.78 is 0. The number of fused-ring (bicyclic) bond motifs is 3. The molecule has 15 heavy (non-hydrogen) atoms.